The quantitative estimate of drug-likeness (QED) is 0.308. The molecule has 0 aliphatic heterocycles. The zero-order valence-electron chi connectivity index (χ0n) is 12.1. The van der Waals surface area contributed by atoms with Crippen molar-refractivity contribution < 1.29 is 0 Å². The van der Waals surface area contributed by atoms with Crippen molar-refractivity contribution in [3.8, 4) is 11.1 Å². The summed E-state index contributed by atoms with van der Waals surface area (Å²) in [5.74, 6) is 0. The lowest BCUT2D eigenvalue weighted by atomic mass is 9.91. The van der Waals surface area contributed by atoms with Gasteiger partial charge in [-0.25, -0.2) is 0 Å². The van der Waals surface area contributed by atoms with Crippen molar-refractivity contribution in [3.05, 3.63) is 77.9 Å². The third kappa shape index (κ3) is 1.38. The van der Waals surface area contributed by atoms with Crippen LogP contribution in [0.15, 0.2) is 66.7 Å². The van der Waals surface area contributed by atoms with E-state index in [1.165, 1.54) is 43.8 Å². The summed E-state index contributed by atoms with van der Waals surface area (Å²) in [5, 5.41) is 5.12. The second-order valence-corrected chi connectivity index (χ2v) is 6.00. The Kier molecular flexibility index (Phi) is 2.21. The highest BCUT2D eigenvalue weighted by Crippen LogP contribution is 2.47. The Bertz CT molecular complexity index is 1060. The van der Waals surface area contributed by atoms with Crippen LogP contribution in [0.5, 0.6) is 0 Å². The van der Waals surface area contributed by atoms with Crippen LogP contribution in [0.1, 0.15) is 11.1 Å². The van der Waals surface area contributed by atoms with E-state index < -0.39 is 0 Å². The number of nitrogens with two attached hydrogens (primary N) is 1. The molecule has 0 unspecified atom stereocenters. The predicted molar refractivity (Wildman–Crippen MR) is 94.1 cm³/mol. The Morgan fingerprint density at radius 3 is 2.32 bits per heavy atom. The summed E-state index contributed by atoms with van der Waals surface area (Å²) in [7, 11) is 0. The van der Waals surface area contributed by atoms with Crippen molar-refractivity contribution in [3.63, 3.8) is 0 Å². The minimum atomic E-state index is 0.882. The molecule has 1 heteroatoms. The smallest absolute Gasteiger partial charge is 0.0397 e. The highest BCUT2D eigenvalue weighted by molar-refractivity contribution is 6.19. The molecule has 1 nitrogen and oxygen atoms in total. The van der Waals surface area contributed by atoms with Crippen LogP contribution in [0.2, 0.25) is 0 Å². The molecule has 0 saturated carbocycles. The van der Waals surface area contributed by atoms with E-state index in [4.69, 9.17) is 5.73 Å². The molecule has 0 bridgehead atoms. The predicted octanol–water partition coefficient (Wildman–Crippen LogP) is 5.15. The van der Waals surface area contributed by atoms with Gasteiger partial charge in [0.15, 0.2) is 0 Å². The first kappa shape index (κ1) is 11.8. The van der Waals surface area contributed by atoms with Crippen LogP contribution in [0.25, 0.3) is 32.7 Å². The van der Waals surface area contributed by atoms with Gasteiger partial charge in [0, 0.05) is 11.1 Å². The zero-order chi connectivity index (χ0) is 14.7. The summed E-state index contributed by atoms with van der Waals surface area (Å²) in [6, 6.07) is 23.7. The van der Waals surface area contributed by atoms with Gasteiger partial charge in [-0.05, 0) is 50.9 Å². The number of fused-ring (bicyclic) bond motifs is 8. The summed E-state index contributed by atoms with van der Waals surface area (Å²) in [6.45, 7) is 0. The summed E-state index contributed by atoms with van der Waals surface area (Å²) < 4.78 is 0. The third-order valence-electron chi connectivity index (χ3n) is 4.84. The van der Waals surface area contributed by atoms with Crippen molar-refractivity contribution in [2.45, 2.75) is 6.42 Å². The van der Waals surface area contributed by atoms with Gasteiger partial charge in [-0.15, -0.1) is 0 Å². The van der Waals surface area contributed by atoms with Crippen molar-refractivity contribution >= 4 is 27.2 Å². The topological polar surface area (TPSA) is 26.0 Å². The Balaban J connectivity index is 2.10. The van der Waals surface area contributed by atoms with E-state index in [2.05, 4.69) is 60.7 Å². The first-order chi connectivity index (χ1) is 10.8. The Morgan fingerprint density at radius 1 is 0.682 bits per heavy atom. The fourth-order valence-corrected chi connectivity index (χ4v) is 3.95. The van der Waals surface area contributed by atoms with E-state index in [1.807, 2.05) is 6.07 Å². The van der Waals surface area contributed by atoms with Crippen LogP contribution in [0.4, 0.5) is 5.69 Å². The molecule has 4 aromatic rings. The Labute approximate surface area is 129 Å². The molecular weight excluding hydrogens is 266 g/mol. The maximum Gasteiger partial charge on any atom is 0.0397 e. The molecule has 4 aromatic carbocycles. The van der Waals surface area contributed by atoms with Crippen molar-refractivity contribution in [2.24, 2.45) is 0 Å². The average molecular weight is 281 g/mol. The highest BCUT2D eigenvalue weighted by atomic mass is 14.6. The van der Waals surface area contributed by atoms with Crippen molar-refractivity contribution in [1.82, 2.24) is 0 Å². The van der Waals surface area contributed by atoms with Gasteiger partial charge in [0.1, 0.15) is 0 Å². The molecule has 1 aliphatic carbocycles. The molecule has 0 aromatic heterocycles. The van der Waals surface area contributed by atoms with Crippen LogP contribution in [0.3, 0.4) is 0 Å². The standard InChI is InChI=1S/C21H15N/c22-19-11-5-10-17-15-8-3-4-9-16(15)20-14-7-2-1-6-13(14)12-18(20)21(17)19/h1-11H,12,22H2. The van der Waals surface area contributed by atoms with Crippen molar-refractivity contribution in [2.75, 3.05) is 5.73 Å². The third-order valence-corrected chi connectivity index (χ3v) is 4.84. The van der Waals surface area contributed by atoms with Crippen LogP contribution >= 0.6 is 0 Å². The molecule has 0 heterocycles. The van der Waals surface area contributed by atoms with Gasteiger partial charge in [-0.3, -0.25) is 0 Å². The molecular formula is C21H15N. The summed E-state index contributed by atoms with van der Waals surface area (Å²) >= 11 is 0. The largest absolute Gasteiger partial charge is 0.398 e. The Hall–Kier alpha value is -2.80. The van der Waals surface area contributed by atoms with Gasteiger partial charge in [0.05, 0.1) is 0 Å². The number of anilines is 1. The lowest BCUT2D eigenvalue weighted by Gasteiger charge is -2.13. The van der Waals surface area contributed by atoms with E-state index >= 15 is 0 Å². The second-order valence-electron chi connectivity index (χ2n) is 6.00. The number of nitrogen functional groups attached to an aromatic ring is 1. The molecule has 0 spiro atoms. The molecule has 0 amide bonds. The molecule has 0 fully saturated rings. The maximum atomic E-state index is 6.36. The van der Waals surface area contributed by atoms with Crippen LogP contribution in [-0.2, 0) is 6.42 Å². The molecule has 5 rings (SSSR count). The van der Waals surface area contributed by atoms with Crippen LogP contribution in [0, 0.1) is 0 Å². The monoisotopic (exact) mass is 281 g/mol. The molecule has 0 atom stereocenters. The molecule has 0 radical (unpaired) electrons. The lowest BCUT2D eigenvalue weighted by Crippen LogP contribution is -1.93. The maximum absolute atomic E-state index is 6.36. The number of benzene rings is 4. The number of rotatable bonds is 0. The van der Waals surface area contributed by atoms with Gasteiger partial charge in [-0.1, -0.05) is 60.7 Å². The van der Waals surface area contributed by atoms with Gasteiger partial charge in [-0.2, -0.15) is 0 Å². The fourth-order valence-electron chi connectivity index (χ4n) is 3.95. The first-order valence-electron chi connectivity index (χ1n) is 7.64. The first-order valence-corrected chi connectivity index (χ1v) is 7.64. The van der Waals surface area contributed by atoms with Gasteiger partial charge >= 0.3 is 0 Å². The van der Waals surface area contributed by atoms with E-state index in [0.717, 1.165) is 12.1 Å². The van der Waals surface area contributed by atoms with Crippen LogP contribution < -0.4 is 5.73 Å². The van der Waals surface area contributed by atoms with Crippen molar-refractivity contribution in [1.29, 1.82) is 0 Å². The average Bonchev–Trinajstić information content (AvgIpc) is 2.94. The number of hydrogen-bond donors (Lipinski definition) is 1. The van der Waals surface area contributed by atoms with E-state index in [9.17, 15) is 0 Å². The normalized spacial score (nSPS) is 12.5. The summed E-state index contributed by atoms with van der Waals surface area (Å²) in [4.78, 5) is 0. The minimum absolute atomic E-state index is 0.882. The molecule has 104 valence electrons. The number of hydrogen-bond acceptors (Lipinski definition) is 1. The fraction of sp³-hybridized carbons (Fsp3) is 0.0476. The molecule has 1 aliphatic rings. The molecule has 0 saturated heterocycles. The van der Waals surface area contributed by atoms with Gasteiger partial charge in [0.25, 0.3) is 0 Å². The second kappa shape index (κ2) is 4.11. The molecule has 22 heavy (non-hydrogen) atoms. The van der Waals surface area contributed by atoms with E-state index in [-0.39, 0.29) is 0 Å². The van der Waals surface area contributed by atoms with Gasteiger partial charge < -0.3 is 5.73 Å². The van der Waals surface area contributed by atoms with E-state index in [0.29, 0.717) is 0 Å². The zero-order valence-corrected chi connectivity index (χ0v) is 12.1. The summed E-state index contributed by atoms with van der Waals surface area (Å²) in [5.41, 5.74) is 12.8. The Morgan fingerprint density at radius 2 is 1.41 bits per heavy atom. The van der Waals surface area contributed by atoms with E-state index in [1.54, 1.807) is 0 Å². The summed E-state index contributed by atoms with van der Waals surface area (Å²) in [6.07, 6.45) is 0.973. The SMILES string of the molecule is Nc1cccc2c1c1c(c3ccccc32)-c2ccccc2C1. The highest BCUT2D eigenvalue weighted by Gasteiger charge is 2.24. The minimum Gasteiger partial charge on any atom is -0.398 e. The van der Waals surface area contributed by atoms with Gasteiger partial charge in [0.2, 0.25) is 0 Å². The van der Waals surface area contributed by atoms with Crippen LogP contribution in [-0.4, -0.2) is 0 Å². The molecule has 2 N–H and O–H groups in total. The lowest BCUT2D eigenvalue weighted by molar-refractivity contribution is 1.29.